The Morgan fingerprint density at radius 1 is 1.26 bits per heavy atom. The number of carbonyl (C=O) groups excluding carboxylic acids is 2. The lowest BCUT2D eigenvalue weighted by molar-refractivity contribution is -0.139. The molecule has 7 heteroatoms. The number of allylic oxidation sites excluding steroid dienone is 1. The van der Waals surface area contributed by atoms with E-state index in [-0.39, 0.29) is 13.2 Å². The largest absolute Gasteiger partial charge is 0.466 e. The predicted molar refractivity (Wildman–Crippen MR) is 85.2 cm³/mol. The fraction of sp³-hybridized carbons (Fsp3) is 0.625. The molecule has 0 saturated carbocycles. The third-order valence-corrected chi connectivity index (χ3v) is 3.88. The second-order valence-electron chi connectivity index (χ2n) is 5.19. The molecular formula is C16H26N2O5. The van der Waals surface area contributed by atoms with Crippen molar-refractivity contribution < 1.29 is 23.8 Å². The highest BCUT2D eigenvalue weighted by Gasteiger charge is 2.37. The smallest absolute Gasteiger partial charge is 0.336 e. The lowest BCUT2D eigenvalue weighted by Crippen LogP contribution is -2.36. The van der Waals surface area contributed by atoms with Crippen LogP contribution in [-0.4, -0.2) is 57.4 Å². The quantitative estimate of drug-likeness (QED) is 0.547. The molecule has 1 unspecified atom stereocenters. The van der Waals surface area contributed by atoms with Crippen molar-refractivity contribution in [2.75, 3.05) is 40.5 Å². The van der Waals surface area contributed by atoms with Gasteiger partial charge >= 0.3 is 11.9 Å². The molecule has 1 aliphatic rings. The summed E-state index contributed by atoms with van der Waals surface area (Å²) in [6.45, 7) is 6.59. The number of nitrogens with zero attached hydrogens (tertiary/aromatic N) is 1. The summed E-state index contributed by atoms with van der Waals surface area (Å²) < 4.78 is 15.5. The van der Waals surface area contributed by atoms with E-state index < -0.39 is 17.9 Å². The zero-order valence-electron chi connectivity index (χ0n) is 14.5. The van der Waals surface area contributed by atoms with Gasteiger partial charge in [-0.25, -0.2) is 9.59 Å². The molecule has 0 saturated heterocycles. The van der Waals surface area contributed by atoms with E-state index in [1.807, 2.05) is 6.92 Å². The number of ether oxygens (including phenoxy) is 3. The molecule has 23 heavy (non-hydrogen) atoms. The maximum absolute atomic E-state index is 12.4. The summed E-state index contributed by atoms with van der Waals surface area (Å²) in [6.07, 6.45) is 0. The van der Waals surface area contributed by atoms with Crippen LogP contribution in [0.15, 0.2) is 22.5 Å². The molecular weight excluding hydrogens is 300 g/mol. The van der Waals surface area contributed by atoms with E-state index in [1.165, 1.54) is 7.11 Å². The number of hydrogen-bond acceptors (Lipinski definition) is 7. The lowest BCUT2D eigenvalue weighted by atomic mass is 9.86. The van der Waals surface area contributed by atoms with E-state index in [1.54, 1.807) is 25.8 Å². The van der Waals surface area contributed by atoms with Crippen LogP contribution in [0.1, 0.15) is 20.8 Å². The molecule has 0 aromatic rings. The summed E-state index contributed by atoms with van der Waals surface area (Å²) in [6, 6.07) is 0. The fourth-order valence-corrected chi connectivity index (χ4v) is 2.64. The lowest BCUT2D eigenvalue weighted by Gasteiger charge is -2.35. The molecule has 0 radical (unpaired) electrons. The summed E-state index contributed by atoms with van der Waals surface area (Å²) in [5.41, 5.74) is 7.70. The van der Waals surface area contributed by atoms with Crippen LogP contribution in [0, 0.1) is 5.92 Å². The van der Waals surface area contributed by atoms with Crippen molar-refractivity contribution in [3.05, 3.63) is 22.5 Å². The number of likely N-dealkylation sites (N-methyl/N-ethyl adjacent to an activating group) is 1. The second kappa shape index (κ2) is 8.69. The Hall–Kier alpha value is -1.86. The van der Waals surface area contributed by atoms with Crippen molar-refractivity contribution in [3.8, 4) is 0 Å². The van der Waals surface area contributed by atoms with E-state index >= 15 is 0 Å². The van der Waals surface area contributed by atoms with Gasteiger partial charge in [-0.2, -0.15) is 0 Å². The van der Waals surface area contributed by atoms with Crippen molar-refractivity contribution >= 4 is 11.9 Å². The minimum atomic E-state index is -0.453. The Morgan fingerprint density at radius 2 is 1.91 bits per heavy atom. The second-order valence-corrected chi connectivity index (χ2v) is 5.19. The molecule has 1 aliphatic heterocycles. The Morgan fingerprint density at radius 3 is 2.43 bits per heavy atom. The molecule has 2 N–H and O–H groups in total. The van der Waals surface area contributed by atoms with Gasteiger partial charge in [0.2, 0.25) is 0 Å². The first-order chi connectivity index (χ1) is 10.9. The summed E-state index contributed by atoms with van der Waals surface area (Å²) in [5, 5.41) is 0. The monoisotopic (exact) mass is 326 g/mol. The van der Waals surface area contributed by atoms with Crippen LogP contribution < -0.4 is 5.73 Å². The van der Waals surface area contributed by atoms with E-state index in [4.69, 9.17) is 19.9 Å². The number of methoxy groups -OCH3 is 1. The van der Waals surface area contributed by atoms with Crippen molar-refractivity contribution in [3.63, 3.8) is 0 Å². The van der Waals surface area contributed by atoms with E-state index in [0.29, 0.717) is 30.0 Å². The first kappa shape index (κ1) is 19.2. The van der Waals surface area contributed by atoms with Crippen LogP contribution in [0.3, 0.4) is 0 Å². The Labute approximate surface area is 137 Å². The van der Waals surface area contributed by atoms with Crippen molar-refractivity contribution in [2.24, 2.45) is 11.7 Å². The normalized spacial score (nSPS) is 18.3. The van der Waals surface area contributed by atoms with E-state index in [2.05, 4.69) is 0 Å². The fourth-order valence-electron chi connectivity index (χ4n) is 2.64. The van der Waals surface area contributed by atoms with Gasteiger partial charge in [-0.15, -0.1) is 0 Å². The van der Waals surface area contributed by atoms with E-state index in [0.717, 1.165) is 5.70 Å². The van der Waals surface area contributed by atoms with Crippen molar-refractivity contribution in [2.45, 2.75) is 20.8 Å². The predicted octanol–water partition coefficient (Wildman–Crippen LogP) is 0.807. The molecule has 1 atom stereocenters. The number of esters is 2. The molecule has 1 heterocycles. The molecule has 0 bridgehead atoms. The third-order valence-electron chi connectivity index (χ3n) is 3.88. The van der Waals surface area contributed by atoms with Crippen LogP contribution in [0.4, 0.5) is 0 Å². The summed E-state index contributed by atoms with van der Waals surface area (Å²) in [4.78, 5) is 26.3. The van der Waals surface area contributed by atoms with Gasteiger partial charge in [0.25, 0.3) is 0 Å². The number of rotatable bonds is 7. The number of nitrogens with two attached hydrogens (primary N) is 1. The van der Waals surface area contributed by atoms with Gasteiger partial charge in [0, 0.05) is 25.2 Å². The van der Waals surface area contributed by atoms with Crippen LogP contribution in [-0.2, 0) is 23.8 Å². The first-order valence-corrected chi connectivity index (χ1v) is 7.61. The Kier molecular flexibility index (Phi) is 7.25. The average molecular weight is 326 g/mol. The summed E-state index contributed by atoms with van der Waals surface area (Å²) in [5.74, 6) is -1.34. The highest BCUT2D eigenvalue weighted by Crippen LogP contribution is 2.35. The van der Waals surface area contributed by atoms with Gasteiger partial charge in [0.15, 0.2) is 0 Å². The number of carbonyl (C=O) groups is 2. The summed E-state index contributed by atoms with van der Waals surface area (Å²) >= 11 is 0. The van der Waals surface area contributed by atoms with Crippen LogP contribution in [0.5, 0.6) is 0 Å². The Balaban J connectivity index is 3.29. The highest BCUT2D eigenvalue weighted by atomic mass is 16.5. The van der Waals surface area contributed by atoms with Gasteiger partial charge < -0.3 is 24.8 Å². The van der Waals surface area contributed by atoms with Crippen LogP contribution in [0.25, 0.3) is 0 Å². The zero-order chi connectivity index (χ0) is 17.6. The topological polar surface area (TPSA) is 91.1 Å². The van der Waals surface area contributed by atoms with Gasteiger partial charge in [0.1, 0.15) is 0 Å². The zero-order valence-corrected chi connectivity index (χ0v) is 14.5. The van der Waals surface area contributed by atoms with Gasteiger partial charge in [-0.1, -0.05) is 6.92 Å². The van der Waals surface area contributed by atoms with Crippen molar-refractivity contribution in [1.29, 1.82) is 0 Å². The van der Waals surface area contributed by atoms with Gasteiger partial charge in [0.05, 0.1) is 43.8 Å². The SMILES string of the molecule is CCOC(=O)C1=C(COCCN)N(C)C(C)=C(C(=O)OC)C1C. The Bertz CT molecular complexity index is 525. The molecule has 0 spiro atoms. The minimum absolute atomic E-state index is 0.220. The first-order valence-electron chi connectivity index (χ1n) is 7.61. The molecule has 0 aromatic heterocycles. The van der Waals surface area contributed by atoms with Crippen LogP contribution >= 0.6 is 0 Å². The van der Waals surface area contributed by atoms with E-state index in [9.17, 15) is 9.59 Å². The molecule has 7 nitrogen and oxygen atoms in total. The van der Waals surface area contributed by atoms with Crippen molar-refractivity contribution in [1.82, 2.24) is 4.90 Å². The molecule has 0 amide bonds. The maximum atomic E-state index is 12.4. The van der Waals surface area contributed by atoms with Gasteiger partial charge in [-0.05, 0) is 13.8 Å². The maximum Gasteiger partial charge on any atom is 0.336 e. The molecule has 1 rings (SSSR count). The molecule has 0 aromatic carbocycles. The molecule has 0 fully saturated rings. The highest BCUT2D eigenvalue weighted by molar-refractivity contribution is 5.97. The number of hydrogen-bond donors (Lipinski definition) is 1. The molecule has 130 valence electrons. The minimum Gasteiger partial charge on any atom is -0.466 e. The average Bonchev–Trinajstić information content (AvgIpc) is 2.52. The van der Waals surface area contributed by atoms with Gasteiger partial charge in [-0.3, -0.25) is 0 Å². The standard InChI is InChI=1S/C16H26N2O5/c1-6-23-16(20)14-10(2)13(15(19)21-5)11(3)18(4)12(14)9-22-8-7-17/h10H,6-9,17H2,1-5H3. The van der Waals surface area contributed by atoms with Crippen LogP contribution in [0.2, 0.25) is 0 Å². The molecule has 0 aliphatic carbocycles. The summed E-state index contributed by atoms with van der Waals surface area (Å²) in [7, 11) is 3.10. The third kappa shape index (κ3) is 4.11.